The SMILES string of the molecule is CCCC(CBr)COC1CCCC(CC)C1. The highest BCUT2D eigenvalue weighted by molar-refractivity contribution is 9.09. The Bertz CT molecular complexity index is 172. The third kappa shape index (κ3) is 5.18. The molecule has 16 heavy (non-hydrogen) atoms. The zero-order valence-electron chi connectivity index (χ0n) is 10.9. The summed E-state index contributed by atoms with van der Waals surface area (Å²) in [6.45, 7) is 5.52. The maximum absolute atomic E-state index is 6.09. The molecule has 1 nitrogen and oxygen atoms in total. The van der Waals surface area contributed by atoms with E-state index < -0.39 is 0 Å². The highest BCUT2D eigenvalue weighted by Gasteiger charge is 2.21. The van der Waals surface area contributed by atoms with Crippen molar-refractivity contribution in [1.29, 1.82) is 0 Å². The lowest BCUT2D eigenvalue weighted by molar-refractivity contribution is -0.00339. The molecule has 1 saturated carbocycles. The molecule has 0 radical (unpaired) electrons. The van der Waals surface area contributed by atoms with Gasteiger partial charge in [-0.2, -0.15) is 0 Å². The van der Waals surface area contributed by atoms with Gasteiger partial charge >= 0.3 is 0 Å². The molecule has 2 heteroatoms. The number of ether oxygens (including phenoxy) is 1. The van der Waals surface area contributed by atoms with Crippen LogP contribution in [-0.2, 0) is 4.74 Å². The van der Waals surface area contributed by atoms with E-state index >= 15 is 0 Å². The molecule has 0 bridgehead atoms. The van der Waals surface area contributed by atoms with E-state index in [9.17, 15) is 0 Å². The second-order valence-electron chi connectivity index (χ2n) is 5.21. The minimum atomic E-state index is 0.553. The number of halogens is 1. The molecule has 0 aromatic carbocycles. The monoisotopic (exact) mass is 290 g/mol. The predicted molar refractivity (Wildman–Crippen MR) is 74.2 cm³/mol. The average molecular weight is 291 g/mol. The third-order valence-electron chi connectivity index (χ3n) is 3.79. The molecule has 1 fully saturated rings. The molecule has 3 atom stereocenters. The number of hydrogen-bond donors (Lipinski definition) is 0. The van der Waals surface area contributed by atoms with Crippen molar-refractivity contribution in [2.75, 3.05) is 11.9 Å². The van der Waals surface area contributed by atoms with E-state index in [4.69, 9.17) is 4.74 Å². The first-order chi connectivity index (χ1) is 7.80. The largest absolute Gasteiger partial charge is 0.378 e. The van der Waals surface area contributed by atoms with Crippen LogP contribution < -0.4 is 0 Å². The molecule has 0 spiro atoms. The van der Waals surface area contributed by atoms with Crippen molar-refractivity contribution in [1.82, 2.24) is 0 Å². The Morgan fingerprint density at radius 3 is 2.75 bits per heavy atom. The maximum atomic E-state index is 6.09. The molecule has 1 rings (SSSR count). The Labute approximate surface area is 109 Å². The molecule has 0 heterocycles. The molecule has 0 aromatic heterocycles. The first-order valence-electron chi connectivity index (χ1n) is 6.97. The van der Waals surface area contributed by atoms with Crippen molar-refractivity contribution in [2.24, 2.45) is 11.8 Å². The molecule has 0 saturated heterocycles. The summed E-state index contributed by atoms with van der Waals surface area (Å²) in [4.78, 5) is 0. The minimum Gasteiger partial charge on any atom is -0.378 e. The van der Waals surface area contributed by atoms with Gasteiger partial charge in [-0.05, 0) is 31.1 Å². The van der Waals surface area contributed by atoms with Crippen LogP contribution in [0.2, 0.25) is 0 Å². The van der Waals surface area contributed by atoms with Gasteiger partial charge in [-0.3, -0.25) is 0 Å². The average Bonchev–Trinajstić information content (AvgIpc) is 2.34. The lowest BCUT2D eigenvalue weighted by atomic mass is 9.85. The van der Waals surface area contributed by atoms with Crippen LogP contribution >= 0.6 is 15.9 Å². The van der Waals surface area contributed by atoms with Crippen LogP contribution in [-0.4, -0.2) is 18.0 Å². The molecule has 0 N–H and O–H groups in total. The van der Waals surface area contributed by atoms with Crippen LogP contribution in [0.4, 0.5) is 0 Å². The molecule has 1 aliphatic rings. The quantitative estimate of drug-likeness (QED) is 0.613. The zero-order chi connectivity index (χ0) is 11.8. The molecular formula is C14H27BrO. The van der Waals surface area contributed by atoms with Gasteiger partial charge in [0, 0.05) is 5.33 Å². The molecule has 1 aliphatic carbocycles. The second kappa shape index (κ2) is 8.52. The van der Waals surface area contributed by atoms with E-state index in [0.717, 1.165) is 17.9 Å². The Morgan fingerprint density at radius 1 is 1.31 bits per heavy atom. The van der Waals surface area contributed by atoms with Gasteiger partial charge in [0.15, 0.2) is 0 Å². The van der Waals surface area contributed by atoms with E-state index in [1.807, 2.05) is 0 Å². The maximum Gasteiger partial charge on any atom is 0.0578 e. The van der Waals surface area contributed by atoms with Crippen LogP contribution in [0, 0.1) is 11.8 Å². The summed E-state index contributed by atoms with van der Waals surface area (Å²) < 4.78 is 6.09. The highest BCUT2D eigenvalue weighted by Crippen LogP contribution is 2.28. The lowest BCUT2D eigenvalue weighted by Crippen LogP contribution is -2.25. The minimum absolute atomic E-state index is 0.553. The van der Waals surface area contributed by atoms with Crippen LogP contribution in [0.5, 0.6) is 0 Å². The number of rotatable bonds is 7. The van der Waals surface area contributed by atoms with E-state index in [-0.39, 0.29) is 0 Å². The smallest absolute Gasteiger partial charge is 0.0578 e. The Balaban J connectivity index is 2.20. The first-order valence-corrected chi connectivity index (χ1v) is 8.09. The number of hydrogen-bond acceptors (Lipinski definition) is 1. The molecule has 0 amide bonds. The Hall–Kier alpha value is 0.440. The Kier molecular flexibility index (Phi) is 7.72. The fourth-order valence-electron chi connectivity index (χ4n) is 2.65. The van der Waals surface area contributed by atoms with Crippen LogP contribution in [0.1, 0.15) is 58.8 Å². The van der Waals surface area contributed by atoms with Gasteiger partial charge in [0.2, 0.25) is 0 Å². The summed E-state index contributed by atoms with van der Waals surface area (Å²) in [6.07, 6.45) is 9.82. The predicted octanol–water partition coefficient (Wildman–Crippen LogP) is 4.78. The Morgan fingerprint density at radius 2 is 2.12 bits per heavy atom. The normalized spacial score (nSPS) is 27.9. The van der Waals surface area contributed by atoms with Crippen molar-refractivity contribution in [2.45, 2.75) is 64.9 Å². The molecule has 0 aromatic rings. The van der Waals surface area contributed by atoms with Crippen molar-refractivity contribution >= 4 is 15.9 Å². The summed E-state index contributed by atoms with van der Waals surface area (Å²) in [5.41, 5.74) is 0. The zero-order valence-corrected chi connectivity index (χ0v) is 12.5. The molecule has 3 unspecified atom stereocenters. The van der Waals surface area contributed by atoms with Crippen LogP contribution in [0.15, 0.2) is 0 Å². The first kappa shape index (κ1) is 14.5. The van der Waals surface area contributed by atoms with Gasteiger partial charge in [-0.25, -0.2) is 0 Å². The van der Waals surface area contributed by atoms with Gasteiger partial charge in [-0.1, -0.05) is 55.5 Å². The lowest BCUT2D eigenvalue weighted by Gasteiger charge is -2.29. The van der Waals surface area contributed by atoms with Crippen molar-refractivity contribution in [3.63, 3.8) is 0 Å². The van der Waals surface area contributed by atoms with Crippen molar-refractivity contribution < 1.29 is 4.74 Å². The van der Waals surface area contributed by atoms with Crippen LogP contribution in [0.3, 0.4) is 0 Å². The van der Waals surface area contributed by atoms with E-state index in [2.05, 4.69) is 29.8 Å². The molecule has 0 aliphatic heterocycles. The van der Waals surface area contributed by atoms with Gasteiger partial charge < -0.3 is 4.74 Å². The van der Waals surface area contributed by atoms with Crippen LogP contribution in [0.25, 0.3) is 0 Å². The van der Waals surface area contributed by atoms with E-state index in [0.29, 0.717) is 12.0 Å². The fraction of sp³-hybridized carbons (Fsp3) is 1.00. The topological polar surface area (TPSA) is 9.23 Å². The van der Waals surface area contributed by atoms with Crippen molar-refractivity contribution in [3.05, 3.63) is 0 Å². The highest BCUT2D eigenvalue weighted by atomic mass is 79.9. The summed E-state index contributed by atoms with van der Waals surface area (Å²) in [5.74, 6) is 1.64. The second-order valence-corrected chi connectivity index (χ2v) is 5.85. The summed E-state index contributed by atoms with van der Waals surface area (Å²) in [6, 6.07) is 0. The number of alkyl halides is 1. The van der Waals surface area contributed by atoms with Gasteiger partial charge in [0.25, 0.3) is 0 Å². The summed E-state index contributed by atoms with van der Waals surface area (Å²) >= 11 is 3.59. The summed E-state index contributed by atoms with van der Waals surface area (Å²) in [5, 5.41) is 1.09. The third-order valence-corrected chi connectivity index (χ3v) is 4.71. The molecule has 96 valence electrons. The van der Waals surface area contributed by atoms with Crippen molar-refractivity contribution in [3.8, 4) is 0 Å². The standard InChI is InChI=1S/C14H27BrO/c1-3-6-13(10-15)11-16-14-8-5-7-12(4-2)9-14/h12-14H,3-11H2,1-2H3. The van der Waals surface area contributed by atoms with Gasteiger partial charge in [-0.15, -0.1) is 0 Å². The molecular weight excluding hydrogens is 264 g/mol. The van der Waals surface area contributed by atoms with E-state index in [1.165, 1.54) is 44.9 Å². The van der Waals surface area contributed by atoms with Gasteiger partial charge in [0.1, 0.15) is 0 Å². The van der Waals surface area contributed by atoms with Gasteiger partial charge in [0.05, 0.1) is 12.7 Å². The fourth-order valence-corrected chi connectivity index (χ4v) is 3.16. The van der Waals surface area contributed by atoms with E-state index in [1.54, 1.807) is 0 Å². The summed E-state index contributed by atoms with van der Waals surface area (Å²) in [7, 11) is 0.